The third kappa shape index (κ3) is 21.2. The third-order valence-corrected chi connectivity index (χ3v) is 16.1. The number of aromatic carboxylic acids is 2. The predicted molar refractivity (Wildman–Crippen MR) is 370 cm³/mol. The number of phenolic OH excluding ortho intramolecular Hbond substituents is 2. The van der Waals surface area contributed by atoms with E-state index in [1.165, 1.54) is 75.4 Å². The summed E-state index contributed by atoms with van der Waals surface area (Å²) in [4.78, 5) is 115. The lowest BCUT2D eigenvalue weighted by molar-refractivity contribution is -0.141. The maximum atomic E-state index is 13.0. The van der Waals surface area contributed by atoms with E-state index in [1.54, 1.807) is 48.5 Å². The van der Waals surface area contributed by atoms with Gasteiger partial charge in [0.05, 0.1) is 43.9 Å². The van der Waals surface area contributed by atoms with Gasteiger partial charge in [0.1, 0.15) is 34.2 Å². The maximum Gasteiger partial charge on any atom is 0.336 e. The first-order valence-electron chi connectivity index (χ1n) is 31.1. The number of carbonyl (C=O) groups is 7. The van der Waals surface area contributed by atoms with E-state index in [-0.39, 0.29) is 106 Å². The number of hydrogen-bond donors (Lipinski definition) is 13. The van der Waals surface area contributed by atoms with Crippen molar-refractivity contribution < 1.29 is 78.1 Å². The highest BCUT2D eigenvalue weighted by atomic mass is 32.1. The fourth-order valence-electron chi connectivity index (χ4n) is 11.1. The van der Waals surface area contributed by atoms with Gasteiger partial charge in [-0.05, 0) is 134 Å². The van der Waals surface area contributed by atoms with E-state index in [9.17, 15) is 78.9 Å². The van der Waals surface area contributed by atoms with Crippen LogP contribution < -0.4 is 42.8 Å². The molecule has 4 aliphatic rings. The van der Waals surface area contributed by atoms with Crippen LogP contribution in [0.25, 0.3) is 66.8 Å². The molecule has 510 valence electrons. The van der Waals surface area contributed by atoms with E-state index in [1.807, 2.05) is 0 Å². The molecule has 97 heavy (non-hydrogen) atoms. The minimum atomic E-state index is -1.21. The van der Waals surface area contributed by atoms with Crippen molar-refractivity contribution in [2.75, 3.05) is 95.7 Å². The molecule has 0 spiro atoms. The Morgan fingerprint density at radius 1 is 0.392 bits per heavy atom. The highest BCUT2D eigenvalue weighted by Crippen LogP contribution is 2.44. The number of benzene rings is 6. The Morgan fingerprint density at radius 2 is 0.742 bits per heavy atom. The molecule has 27 nitrogen and oxygen atoms in total. The fourth-order valence-corrected chi connectivity index (χ4v) is 11.5. The number of amides is 2. The van der Waals surface area contributed by atoms with Gasteiger partial charge in [-0.1, -0.05) is 37.8 Å². The van der Waals surface area contributed by atoms with Gasteiger partial charge in [-0.25, -0.2) is 9.59 Å². The Kier molecular flexibility index (Phi) is 25.9. The number of thiocarbonyl (C=S) groups is 2. The first-order valence-corrected chi connectivity index (χ1v) is 31.9. The topological polar surface area (TPSA) is 403 Å². The van der Waals surface area contributed by atoms with Crippen LogP contribution in [-0.2, 0) is 24.0 Å². The molecule has 0 bridgehead atoms. The van der Waals surface area contributed by atoms with Crippen molar-refractivity contribution in [2.24, 2.45) is 0 Å². The smallest absolute Gasteiger partial charge is 0.336 e. The van der Waals surface area contributed by atoms with Gasteiger partial charge in [-0.15, -0.1) is 0 Å². The number of carbonyl (C=O) groups excluding carboxylic acids is 2. The number of fused-ring (bicyclic) bond motifs is 4. The number of aromatic hydroxyl groups is 2. The average molecular weight is 1370 g/mol. The van der Waals surface area contributed by atoms with Crippen LogP contribution in [0.15, 0.2) is 128 Å². The number of aliphatic carboxylic acids is 3. The SMILES string of the molecule is O=C(O)CN(CCN(CC(=O)O)CC(=O)NCCCCCCNC(=S)Nc1ccc(-c2c3ccc(=O)cc-3oc3cc(O)ccc23)c(C(=O)O)c1)CCN(CC(=O)O)CC(=O)NCCCCCCNC(=S)Nc1ccc(-c2c3ccc(=O)cc-3oc3cc(O)ccc23)c(C(=O)O)c1. The van der Waals surface area contributed by atoms with Gasteiger partial charge in [-0.2, -0.15) is 0 Å². The second-order valence-electron chi connectivity index (χ2n) is 22.9. The van der Waals surface area contributed by atoms with E-state index in [4.69, 9.17) is 33.3 Å². The highest BCUT2D eigenvalue weighted by Gasteiger charge is 2.26. The van der Waals surface area contributed by atoms with Crippen LogP contribution in [0.1, 0.15) is 72.1 Å². The van der Waals surface area contributed by atoms with Gasteiger partial charge in [-0.3, -0.25) is 48.3 Å². The van der Waals surface area contributed by atoms with Crippen LogP contribution >= 0.6 is 24.4 Å². The molecule has 0 radical (unpaired) electrons. The monoisotopic (exact) mass is 1370 g/mol. The zero-order chi connectivity index (χ0) is 69.7. The number of phenols is 2. The van der Waals surface area contributed by atoms with Gasteiger partial charge >= 0.3 is 29.8 Å². The second-order valence-corrected chi connectivity index (χ2v) is 23.7. The Bertz CT molecular complexity index is 4030. The van der Waals surface area contributed by atoms with Crippen molar-refractivity contribution in [1.29, 1.82) is 0 Å². The zero-order valence-corrected chi connectivity index (χ0v) is 54.2. The molecule has 0 atom stereocenters. The molecule has 0 saturated carbocycles. The molecule has 0 fully saturated rings. The number of carboxylic acid groups (broad SMARTS) is 5. The summed E-state index contributed by atoms with van der Waals surface area (Å²) in [6.45, 7) is -0.549. The molecule has 0 unspecified atom stereocenters. The Hall–Kier alpha value is -10.6. The molecule has 4 aromatic rings. The highest BCUT2D eigenvalue weighted by molar-refractivity contribution is 7.80. The zero-order valence-electron chi connectivity index (χ0n) is 52.5. The lowest BCUT2D eigenvalue weighted by atomic mass is 9.90. The average Bonchev–Trinajstić information content (AvgIpc) is 0.758. The largest absolute Gasteiger partial charge is 0.508 e. The van der Waals surface area contributed by atoms with Gasteiger partial charge in [0.2, 0.25) is 11.8 Å². The number of nitrogens with one attached hydrogen (secondary N) is 6. The number of carboxylic acids is 5. The molecule has 4 aromatic carbocycles. The molecule has 2 aliphatic carbocycles. The fraction of sp³-hybridized carbons (Fsp3) is 0.309. The molecule has 2 amide bonds. The van der Waals surface area contributed by atoms with Crippen LogP contribution in [0.3, 0.4) is 0 Å². The summed E-state index contributed by atoms with van der Waals surface area (Å²) in [7, 11) is 0. The first kappa shape index (κ1) is 72.2. The van der Waals surface area contributed by atoms with Gasteiger partial charge in [0.15, 0.2) is 21.1 Å². The van der Waals surface area contributed by atoms with Crippen molar-refractivity contribution in [2.45, 2.75) is 51.4 Å². The van der Waals surface area contributed by atoms with Crippen LogP contribution in [0.5, 0.6) is 11.5 Å². The van der Waals surface area contributed by atoms with Crippen LogP contribution in [0.2, 0.25) is 0 Å². The molecule has 2 aliphatic heterocycles. The lowest BCUT2D eigenvalue weighted by Gasteiger charge is -2.28. The molecular formula is C68H73N9O18S2. The Labute approximate surface area is 565 Å². The number of rotatable bonds is 36. The van der Waals surface area contributed by atoms with E-state index in [2.05, 4.69) is 31.9 Å². The Balaban J connectivity index is 0.700. The summed E-state index contributed by atoms with van der Waals surface area (Å²) in [5.41, 5.74) is 3.36. The number of hydrogen-bond acceptors (Lipinski definition) is 18. The molecule has 2 heterocycles. The maximum absolute atomic E-state index is 13.0. The minimum Gasteiger partial charge on any atom is -0.508 e. The number of anilines is 2. The third-order valence-electron chi connectivity index (χ3n) is 15.6. The van der Waals surface area contributed by atoms with E-state index >= 15 is 0 Å². The van der Waals surface area contributed by atoms with E-state index in [0.29, 0.717) is 107 Å². The molecule has 29 heteroatoms. The summed E-state index contributed by atoms with van der Waals surface area (Å²) in [6, 6.07) is 26.9. The van der Waals surface area contributed by atoms with Crippen molar-refractivity contribution in [1.82, 2.24) is 36.0 Å². The molecule has 0 saturated heterocycles. The normalized spacial score (nSPS) is 11.3. The van der Waals surface area contributed by atoms with Crippen molar-refractivity contribution in [3.63, 3.8) is 0 Å². The van der Waals surface area contributed by atoms with Crippen LogP contribution in [0.4, 0.5) is 11.4 Å². The van der Waals surface area contributed by atoms with Crippen molar-refractivity contribution >= 4 is 110 Å². The quantitative estimate of drug-likeness (QED) is 0.0106. The van der Waals surface area contributed by atoms with Crippen LogP contribution in [-0.4, -0.2) is 187 Å². The molecule has 8 rings (SSSR count). The van der Waals surface area contributed by atoms with Gasteiger partial charge in [0.25, 0.3) is 0 Å². The van der Waals surface area contributed by atoms with Gasteiger partial charge < -0.3 is 76.5 Å². The summed E-state index contributed by atoms with van der Waals surface area (Å²) < 4.78 is 11.8. The van der Waals surface area contributed by atoms with Crippen molar-refractivity contribution in [3.05, 3.63) is 141 Å². The standard InChI is InChI=1S/C68H73N9O18S2/c78-42-11-17-48-54(31-42)94-55-32-43(79)12-18-49(55)63(48)46-15-9-40(29-52(46)65(90)91)73-67(96)71-23-7-3-1-5-21-69-58(82)35-76(38-61(86)87)27-25-75(37-60(84)85)26-28-77(39-62(88)89)36-59(83)70-22-6-2-4-8-24-72-68(97)74-41-10-16-47(53(30-41)66(92)93)64-50-19-13-44(80)33-56(50)95-57-34-45(81)14-20-51(57)64/h9-20,29-34,78,80H,1-8,21-28,35-39H2,(H,69,82)(H,70,83)(H,84,85)(H,86,87)(H,88,89)(H,90,91)(H,92,93)(H2,71,73,96)(H2,72,74,97). The molecule has 13 N–H and O–H groups in total. The first-order chi connectivity index (χ1) is 46.5. The van der Waals surface area contributed by atoms with E-state index in [0.717, 1.165) is 25.7 Å². The summed E-state index contributed by atoms with van der Waals surface area (Å²) in [6.07, 6.45) is 5.60. The molecular weight excluding hydrogens is 1290 g/mol. The summed E-state index contributed by atoms with van der Waals surface area (Å²) in [5, 5.41) is 89.3. The molecule has 0 aromatic heterocycles. The second kappa shape index (κ2) is 34.7. The van der Waals surface area contributed by atoms with Crippen LogP contribution in [0, 0.1) is 0 Å². The lowest BCUT2D eigenvalue weighted by Crippen LogP contribution is -2.47. The van der Waals surface area contributed by atoms with Gasteiger partial charge in [0, 0.05) is 121 Å². The summed E-state index contributed by atoms with van der Waals surface area (Å²) >= 11 is 11.0. The predicted octanol–water partition coefficient (Wildman–Crippen LogP) is 7.04. The van der Waals surface area contributed by atoms with Crippen molar-refractivity contribution in [3.8, 4) is 56.4 Å². The number of nitrogens with zero attached hydrogens (tertiary/aromatic N) is 3. The van der Waals surface area contributed by atoms with E-state index < -0.39 is 61.3 Å². The number of unbranched alkanes of at least 4 members (excludes halogenated alkanes) is 6. The minimum absolute atomic E-state index is 0.00542. The Morgan fingerprint density at radius 3 is 1.11 bits per heavy atom. The summed E-state index contributed by atoms with van der Waals surface area (Å²) in [5.74, 6) is -6.61.